The SMILES string of the molecule is CC(C)CN1CCCC12CCN(S(=O)(=O)Cc1ccccc1)C2. The zero-order chi connectivity index (χ0) is 16.5. The van der Waals surface area contributed by atoms with E-state index in [-0.39, 0.29) is 11.3 Å². The molecule has 23 heavy (non-hydrogen) atoms. The van der Waals surface area contributed by atoms with Gasteiger partial charge in [-0.05, 0) is 37.3 Å². The van der Waals surface area contributed by atoms with Gasteiger partial charge in [-0.2, -0.15) is 4.31 Å². The first-order valence-corrected chi connectivity index (χ1v) is 10.3. The lowest BCUT2D eigenvalue weighted by Gasteiger charge is -2.36. The molecule has 5 heteroatoms. The lowest BCUT2D eigenvalue weighted by atomic mass is 9.94. The van der Waals surface area contributed by atoms with Gasteiger partial charge in [0.05, 0.1) is 5.75 Å². The second-order valence-corrected chi connectivity index (χ2v) is 9.46. The highest BCUT2D eigenvalue weighted by molar-refractivity contribution is 7.88. The Morgan fingerprint density at radius 2 is 1.87 bits per heavy atom. The number of benzene rings is 1. The lowest BCUT2D eigenvalue weighted by molar-refractivity contribution is 0.134. The molecule has 1 unspecified atom stereocenters. The van der Waals surface area contributed by atoms with Gasteiger partial charge in [0.25, 0.3) is 0 Å². The Morgan fingerprint density at radius 1 is 1.13 bits per heavy atom. The number of hydrogen-bond acceptors (Lipinski definition) is 3. The van der Waals surface area contributed by atoms with Crippen molar-refractivity contribution in [2.75, 3.05) is 26.2 Å². The maximum Gasteiger partial charge on any atom is 0.218 e. The minimum atomic E-state index is -3.22. The molecule has 2 heterocycles. The van der Waals surface area contributed by atoms with E-state index in [0.717, 1.165) is 31.5 Å². The van der Waals surface area contributed by atoms with Crippen LogP contribution in [-0.2, 0) is 15.8 Å². The van der Waals surface area contributed by atoms with Gasteiger partial charge in [-0.25, -0.2) is 8.42 Å². The van der Waals surface area contributed by atoms with Crippen LogP contribution in [-0.4, -0.2) is 49.3 Å². The van der Waals surface area contributed by atoms with Crippen LogP contribution in [0, 0.1) is 5.92 Å². The minimum Gasteiger partial charge on any atom is -0.296 e. The van der Waals surface area contributed by atoms with Gasteiger partial charge in [0, 0.05) is 25.2 Å². The van der Waals surface area contributed by atoms with Crippen LogP contribution in [0.3, 0.4) is 0 Å². The summed E-state index contributed by atoms with van der Waals surface area (Å²) in [6.45, 7) is 8.02. The average molecular weight is 337 g/mol. The highest BCUT2D eigenvalue weighted by atomic mass is 32.2. The molecule has 1 aromatic carbocycles. The van der Waals surface area contributed by atoms with Crippen molar-refractivity contribution in [2.45, 2.75) is 44.4 Å². The first-order chi connectivity index (χ1) is 10.9. The van der Waals surface area contributed by atoms with Crippen molar-refractivity contribution in [2.24, 2.45) is 5.92 Å². The van der Waals surface area contributed by atoms with Crippen LogP contribution < -0.4 is 0 Å². The van der Waals surface area contributed by atoms with Crippen molar-refractivity contribution in [3.05, 3.63) is 35.9 Å². The Morgan fingerprint density at radius 3 is 2.57 bits per heavy atom. The Kier molecular flexibility index (Phi) is 4.81. The van der Waals surface area contributed by atoms with Gasteiger partial charge in [-0.1, -0.05) is 44.2 Å². The van der Waals surface area contributed by atoms with E-state index in [1.54, 1.807) is 4.31 Å². The van der Waals surface area contributed by atoms with Crippen molar-refractivity contribution >= 4 is 10.0 Å². The molecule has 0 radical (unpaired) electrons. The molecular weight excluding hydrogens is 308 g/mol. The van der Waals surface area contributed by atoms with E-state index in [0.29, 0.717) is 19.0 Å². The number of nitrogens with zero attached hydrogens (tertiary/aromatic N) is 2. The van der Waals surface area contributed by atoms with Gasteiger partial charge < -0.3 is 0 Å². The summed E-state index contributed by atoms with van der Waals surface area (Å²) in [5.74, 6) is 0.744. The van der Waals surface area contributed by atoms with E-state index < -0.39 is 10.0 Å². The normalized spacial score (nSPS) is 26.6. The van der Waals surface area contributed by atoms with Gasteiger partial charge in [0.15, 0.2) is 0 Å². The van der Waals surface area contributed by atoms with Crippen molar-refractivity contribution in [3.8, 4) is 0 Å². The molecule has 0 saturated carbocycles. The molecule has 0 amide bonds. The summed E-state index contributed by atoms with van der Waals surface area (Å²) in [6.07, 6.45) is 3.31. The Balaban J connectivity index is 1.71. The molecule has 2 aliphatic heterocycles. The van der Waals surface area contributed by atoms with E-state index in [2.05, 4.69) is 18.7 Å². The fourth-order valence-corrected chi connectivity index (χ4v) is 5.72. The molecule has 2 fully saturated rings. The van der Waals surface area contributed by atoms with Gasteiger partial charge in [-0.15, -0.1) is 0 Å². The number of rotatable bonds is 5. The highest BCUT2D eigenvalue weighted by Gasteiger charge is 2.48. The summed E-state index contributed by atoms with van der Waals surface area (Å²) < 4.78 is 27.3. The summed E-state index contributed by atoms with van der Waals surface area (Å²) in [7, 11) is -3.22. The number of likely N-dealkylation sites (tertiary alicyclic amines) is 1. The largest absolute Gasteiger partial charge is 0.296 e. The molecular formula is C18H28N2O2S. The van der Waals surface area contributed by atoms with Crippen molar-refractivity contribution in [1.29, 1.82) is 0 Å². The molecule has 128 valence electrons. The van der Waals surface area contributed by atoms with Crippen LogP contribution in [0.4, 0.5) is 0 Å². The molecule has 1 aromatic rings. The molecule has 0 N–H and O–H groups in total. The first-order valence-electron chi connectivity index (χ1n) is 8.68. The zero-order valence-corrected chi connectivity index (χ0v) is 15.1. The third-order valence-electron chi connectivity index (χ3n) is 5.21. The molecule has 1 spiro atoms. The third kappa shape index (κ3) is 3.62. The number of hydrogen-bond donors (Lipinski definition) is 0. The van der Waals surface area contributed by atoms with E-state index in [1.807, 2.05) is 30.3 Å². The quantitative estimate of drug-likeness (QED) is 0.830. The Bertz CT molecular complexity index is 630. The monoisotopic (exact) mass is 336 g/mol. The molecule has 0 aromatic heterocycles. The summed E-state index contributed by atoms with van der Waals surface area (Å²) in [5, 5.41) is 0. The van der Waals surface area contributed by atoms with Crippen molar-refractivity contribution < 1.29 is 8.42 Å². The fraction of sp³-hybridized carbons (Fsp3) is 0.667. The average Bonchev–Trinajstić information content (AvgIpc) is 3.08. The molecule has 4 nitrogen and oxygen atoms in total. The second kappa shape index (κ2) is 6.54. The van der Waals surface area contributed by atoms with Crippen LogP contribution in [0.25, 0.3) is 0 Å². The van der Waals surface area contributed by atoms with E-state index >= 15 is 0 Å². The van der Waals surface area contributed by atoms with Gasteiger partial charge in [0.2, 0.25) is 10.0 Å². The van der Waals surface area contributed by atoms with Crippen LogP contribution in [0.1, 0.15) is 38.7 Å². The zero-order valence-electron chi connectivity index (χ0n) is 14.2. The van der Waals surface area contributed by atoms with E-state index in [1.165, 1.54) is 6.42 Å². The predicted octanol–water partition coefficient (Wildman–Crippen LogP) is 2.71. The molecule has 2 aliphatic rings. The summed E-state index contributed by atoms with van der Waals surface area (Å²) in [5.41, 5.74) is 0.965. The Labute approximate surface area is 140 Å². The van der Waals surface area contributed by atoms with Gasteiger partial charge in [0.1, 0.15) is 0 Å². The van der Waals surface area contributed by atoms with Gasteiger partial charge >= 0.3 is 0 Å². The molecule has 2 saturated heterocycles. The standard InChI is InChI=1S/C18H28N2O2S/c1-16(2)13-19-11-6-9-18(19)10-12-20(15-18)23(21,22)14-17-7-4-3-5-8-17/h3-5,7-8,16H,6,9-15H2,1-2H3. The van der Waals surface area contributed by atoms with Gasteiger partial charge in [-0.3, -0.25) is 4.90 Å². The Hall–Kier alpha value is -0.910. The number of sulfonamides is 1. The summed E-state index contributed by atoms with van der Waals surface area (Å²) >= 11 is 0. The topological polar surface area (TPSA) is 40.6 Å². The van der Waals surface area contributed by atoms with Crippen molar-refractivity contribution in [3.63, 3.8) is 0 Å². The predicted molar refractivity (Wildman–Crippen MR) is 93.6 cm³/mol. The minimum absolute atomic E-state index is 0.0913. The van der Waals surface area contributed by atoms with Crippen LogP contribution >= 0.6 is 0 Å². The molecule has 0 aliphatic carbocycles. The third-order valence-corrected chi connectivity index (χ3v) is 7.01. The maximum atomic E-state index is 12.8. The van der Waals surface area contributed by atoms with Crippen molar-refractivity contribution in [1.82, 2.24) is 9.21 Å². The fourth-order valence-electron chi connectivity index (χ4n) is 4.11. The van der Waals surface area contributed by atoms with Crippen LogP contribution in [0.5, 0.6) is 0 Å². The molecule has 0 bridgehead atoms. The van der Waals surface area contributed by atoms with E-state index in [9.17, 15) is 8.42 Å². The van der Waals surface area contributed by atoms with E-state index in [4.69, 9.17) is 0 Å². The second-order valence-electron chi connectivity index (χ2n) is 7.49. The first kappa shape index (κ1) is 16.9. The lowest BCUT2D eigenvalue weighted by Crippen LogP contribution is -2.48. The maximum absolute atomic E-state index is 12.8. The summed E-state index contributed by atoms with van der Waals surface area (Å²) in [6, 6.07) is 9.51. The summed E-state index contributed by atoms with van der Waals surface area (Å²) in [4.78, 5) is 2.55. The van der Waals surface area contributed by atoms with Crippen LogP contribution in [0.2, 0.25) is 0 Å². The smallest absolute Gasteiger partial charge is 0.218 e. The molecule has 3 rings (SSSR count). The highest BCUT2D eigenvalue weighted by Crippen LogP contribution is 2.39. The molecule has 1 atom stereocenters. The van der Waals surface area contributed by atoms with Crippen LogP contribution in [0.15, 0.2) is 30.3 Å².